The van der Waals surface area contributed by atoms with Crippen LogP contribution in [0.5, 0.6) is 0 Å². The van der Waals surface area contributed by atoms with Gasteiger partial charge in [-0.05, 0) is 83.3 Å². The highest BCUT2D eigenvalue weighted by atomic mass is 16.3. The van der Waals surface area contributed by atoms with E-state index in [-0.39, 0.29) is 5.69 Å². The molecule has 10 rings (SSSR count). The monoisotopic (exact) mass is 666 g/mol. The Morgan fingerprint density at radius 2 is 1.04 bits per heavy atom. The minimum Gasteiger partial charge on any atom is -0.455 e. The lowest BCUT2D eigenvalue weighted by Crippen LogP contribution is -2.10. The van der Waals surface area contributed by atoms with Gasteiger partial charge in [-0.1, -0.05) is 127 Å². The number of aromatic nitrogens is 1. The molecule has 0 aliphatic heterocycles. The first-order valence-electron chi connectivity index (χ1n) is 23.2. The smallest absolute Gasteiger partial charge is 0.145 e. The van der Waals surface area contributed by atoms with Crippen molar-refractivity contribution in [1.82, 2.24) is 4.57 Å². The molecule has 0 aliphatic carbocycles. The van der Waals surface area contributed by atoms with Gasteiger partial charge in [0.25, 0.3) is 0 Å². The van der Waals surface area contributed by atoms with E-state index in [0.29, 0.717) is 27.5 Å². The van der Waals surface area contributed by atoms with Crippen LogP contribution in [0.1, 0.15) is 19.2 Å². The molecule has 0 radical (unpaired) electrons. The molecule has 0 saturated heterocycles. The Kier molecular flexibility index (Phi) is 4.27. The van der Waals surface area contributed by atoms with Crippen molar-refractivity contribution < 1.29 is 23.6 Å². The van der Waals surface area contributed by atoms with Crippen LogP contribution < -0.4 is 4.90 Å². The fourth-order valence-electron chi connectivity index (χ4n) is 6.84. The Hall–Kier alpha value is -6.84. The number of nitrogens with zero attached hydrogens (tertiary/aromatic N) is 2. The van der Waals surface area contributed by atoms with E-state index in [1.807, 2.05) is 48.5 Å². The van der Waals surface area contributed by atoms with Crippen molar-refractivity contribution in [2.75, 3.05) is 4.90 Å². The first-order chi connectivity index (χ1) is 31.1. The molecule has 0 bridgehead atoms. The van der Waals surface area contributed by atoms with Gasteiger partial charge in [0.05, 0.1) is 41.3 Å². The second kappa shape index (κ2) is 11.9. The van der Waals surface area contributed by atoms with Gasteiger partial charge in [0.1, 0.15) is 11.2 Å². The largest absolute Gasteiger partial charge is 0.455 e. The fourth-order valence-corrected chi connectivity index (χ4v) is 6.84. The average Bonchev–Trinajstić information content (AvgIpc) is 3.88. The van der Waals surface area contributed by atoms with Crippen molar-refractivity contribution in [3.8, 4) is 27.9 Å². The van der Waals surface area contributed by atoms with E-state index in [9.17, 15) is 5.48 Å². The molecule has 0 N–H and O–H groups in total. The number of benzene rings is 8. The van der Waals surface area contributed by atoms with Gasteiger partial charge < -0.3 is 13.9 Å². The van der Waals surface area contributed by atoms with Crippen LogP contribution in [0.15, 0.2) is 198 Å². The Morgan fingerprint density at radius 1 is 0.471 bits per heavy atom. The van der Waals surface area contributed by atoms with Crippen LogP contribution >= 0.6 is 0 Å². The van der Waals surface area contributed by atoms with E-state index >= 15 is 0 Å². The summed E-state index contributed by atoms with van der Waals surface area (Å²) in [7, 11) is 0. The number of fused-ring (bicyclic) bond motifs is 6. The van der Waals surface area contributed by atoms with E-state index < -0.39 is 107 Å². The maximum Gasteiger partial charge on any atom is 0.145 e. The van der Waals surface area contributed by atoms with Gasteiger partial charge in [0.2, 0.25) is 0 Å². The molecule has 2 heterocycles. The van der Waals surface area contributed by atoms with Crippen molar-refractivity contribution in [3.63, 3.8) is 0 Å². The Labute approximate surface area is 315 Å². The molecule has 0 unspecified atom stereocenters. The maximum atomic E-state index is 9.46. The van der Waals surface area contributed by atoms with Gasteiger partial charge in [-0.25, -0.2) is 0 Å². The van der Waals surface area contributed by atoms with Gasteiger partial charge in [-0.2, -0.15) is 0 Å². The standard InChI is InChI=1S/C48H32N2O/c1-3-13-33(14-4-1)34-23-27-37(28-24-34)49(36-15-5-2-6-16-36)45-32-31-39(48-47(45)42-19-9-12-22-46(42)51-48)35-25-29-38(30-26-35)50-43-20-10-7-17-40(43)41-18-8-11-21-44(41)50/h1-32H/i1D,2D,3D,4D,5D,6D,13D,14D,15D,16D,23D,24D,27D,28D. The first kappa shape index (κ1) is 18.2. The summed E-state index contributed by atoms with van der Waals surface area (Å²) in [6.45, 7) is 0. The third-order valence-corrected chi connectivity index (χ3v) is 9.06. The van der Waals surface area contributed by atoms with Crippen molar-refractivity contribution in [3.05, 3.63) is 194 Å². The number of hydrogen-bond acceptors (Lipinski definition) is 2. The second-order valence-electron chi connectivity index (χ2n) is 11.9. The molecule has 8 aromatic carbocycles. The average molecular weight is 667 g/mol. The molecule has 10 aromatic rings. The summed E-state index contributed by atoms with van der Waals surface area (Å²) < 4.78 is 132. The molecule has 0 fully saturated rings. The Balaban J connectivity index is 1.24. The van der Waals surface area contributed by atoms with Crippen molar-refractivity contribution in [2.45, 2.75) is 0 Å². The van der Waals surface area contributed by atoms with Crippen LogP contribution in [0.4, 0.5) is 17.1 Å². The Bertz CT molecular complexity index is 3530. The predicted molar refractivity (Wildman–Crippen MR) is 214 cm³/mol. The number of furan rings is 1. The summed E-state index contributed by atoms with van der Waals surface area (Å²) in [5.41, 5.74) is 3.04. The van der Waals surface area contributed by atoms with E-state index in [0.717, 1.165) is 38.0 Å². The molecule has 0 amide bonds. The van der Waals surface area contributed by atoms with Crippen LogP contribution in [0.3, 0.4) is 0 Å². The molecule has 3 heteroatoms. The lowest BCUT2D eigenvalue weighted by Gasteiger charge is -2.27. The first-order valence-corrected chi connectivity index (χ1v) is 16.2. The molecule has 2 aromatic heterocycles. The van der Waals surface area contributed by atoms with Crippen molar-refractivity contribution >= 4 is 60.8 Å². The summed E-state index contributed by atoms with van der Waals surface area (Å²) >= 11 is 0. The SMILES string of the molecule is [2H]c1c([2H])c([2H])c(-c2c([2H])c([2H])c(N(c3c([2H])c([2H])c([2H])c([2H])c3[2H])c3ccc(-c4ccc(-n5c6ccccc6c6ccccc65)cc4)c4oc5ccccc5c34)c([2H])c2[2H])c([2H])c1[2H]. The van der Waals surface area contributed by atoms with Crippen LogP contribution in [0.2, 0.25) is 0 Å². The van der Waals surface area contributed by atoms with Crippen LogP contribution in [0, 0.1) is 0 Å². The van der Waals surface area contributed by atoms with E-state index in [1.165, 1.54) is 0 Å². The highest BCUT2D eigenvalue weighted by molar-refractivity contribution is 6.17. The zero-order chi connectivity index (χ0) is 45.9. The number of rotatable bonds is 6. The zero-order valence-corrected chi connectivity index (χ0v) is 26.7. The molecule has 0 saturated carbocycles. The van der Waals surface area contributed by atoms with Gasteiger partial charge >= 0.3 is 0 Å². The van der Waals surface area contributed by atoms with Gasteiger partial charge in [-0.15, -0.1) is 0 Å². The summed E-state index contributed by atoms with van der Waals surface area (Å²) in [5.74, 6) is 0. The van der Waals surface area contributed by atoms with Crippen molar-refractivity contribution in [2.24, 2.45) is 0 Å². The number of hydrogen-bond donors (Lipinski definition) is 0. The lowest BCUT2D eigenvalue weighted by atomic mass is 9.99. The van der Waals surface area contributed by atoms with E-state index in [1.54, 1.807) is 36.4 Å². The third-order valence-electron chi connectivity index (χ3n) is 9.06. The molecular weight excluding hydrogens is 621 g/mol. The van der Waals surface area contributed by atoms with E-state index in [4.69, 9.17) is 18.1 Å². The minimum atomic E-state index is -0.787. The highest BCUT2D eigenvalue weighted by Crippen LogP contribution is 2.46. The lowest BCUT2D eigenvalue weighted by molar-refractivity contribution is 0.670. The normalized spacial score (nSPS) is 15.4. The summed E-state index contributed by atoms with van der Waals surface area (Å²) in [6.07, 6.45) is 0. The summed E-state index contributed by atoms with van der Waals surface area (Å²) in [5, 5.41) is 3.12. The Morgan fingerprint density at radius 3 is 1.73 bits per heavy atom. The number of para-hydroxylation sites is 4. The van der Waals surface area contributed by atoms with Crippen LogP contribution in [-0.4, -0.2) is 4.57 Å². The van der Waals surface area contributed by atoms with Crippen LogP contribution in [0.25, 0.3) is 71.7 Å². The summed E-state index contributed by atoms with van der Waals surface area (Å²) in [4.78, 5) is 1.10. The molecule has 0 aliphatic rings. The molecular formula is C48H32N2O. The molecule has 51 heavy (non-hydrogen) atoms. The molecule has 0 spiro atoms. The van der Waals surface area contributed by atoms with Gasteiger partial charge in [-0.3, -0.25) is 0 Å². The third kappa shape index (κ3) is 4.82. The number of anilines is 3. The minimum absolute atomic E-state index is 0.0884. The highest BCUT2D eigenvalue weighted by Gasteiger charge is 2.22. The molecule has 0 atom stereocenters. The topological polar surface area (TPSA) is 21.3 Å². The predicted octanol–water partition coefficient (Wildman–Crippen LogP) is 13.5. The quantitative estimate of drug-likeness (QED) is 0.176. The fraction of sp³-hybridized carbons (Fsp3) is 0. The molecule has 240 valence electrons. The van der Waals surface area contributed by atoms with E-state index in [2.05, 4.69) is 28.8 Å². The zero-order valence-electron chi connectivity index (χ0n) is 40.7. The van der Waals surface area contributed by atoms with Gasteiger partial charge in [0.15, 0.2) is 0 Å². The van der Waals surface area contributed by atoms with Crippen molar-refractivity contribution in [1.29, 1.82) is 0 Å². The second-order valence-corrected chi connectivity index (χ2v) is 11.9. The maximum absolute atomic E-state index is 9.46. The summed E-state index contributed by atoms with van der Waals surface area (Å²) in [6, 6.07) is 24.3. The molecule has 3 nitrogen and oxygen atoms in total. The van der Waals surface area contributed by atoms with Crippen LogP contribution in [-0.2, 0) is 0 Å². The van der Waals surface area contributed by atoms with Gasteiger partial charge in [0, 0.05) is 38.8 Å².